The lowest BCUT2D eigenvalue weighted by atomic mass is 10.4. The maximum Gasteiger partial charge on any atom is 0.293 e. The molecule has 0 amide bonds. The van der Waals surface area contributed by atoms with Gasteiger partial charge in [-0.2, -0.15) is 8.78 Å². The zero-order valence-corrected chi connectivity index (χ0v) is 4.64. The maximum absolute atomic E-state index is 11.2. The van der Waals surface area contributed by atoms with Crippen LogP contribution in [0.25, 0.3) is 0 Å². The Hall–Kier alpha value is -0.930. The molecule has 0 aromatic rings. The first-order chi connectivity index (χ1) is 4.27. The van der Waals surface area contributed by atoms with Crippen molar-refractivity contribution in [3.63, 3.8) is 0 Å². The van der Waals surface area contributed by atoms with Crippen LogP contribution in [-0.4, -0.2) is 13.1 Å². The van der Waals surface area contributed by atoms with Crippen LogP contribution in [0, 0.1) is 0 Å². The highest BCUT2D eigenvalue weighted by molar-refractivity contribution is 5.36. The van der Waals surface area contributed by atoms with E-state index in [4.69, 9.17) is 0 Å². The molecule has 9 heavy (non-hydrogen) atoms. The summed E-state index contributed by atoms with van der Waals surface area (Å²) in [5.74, 6) is 0. The Balaban J connectivity index is 3.09. The molecule has 0 atom stereocenters. The maximum atomic E-state index is 11.2. The van der Waals surface area contributed by atoms with E-state index >= 15 is 0 Å². The minimum absolute atomic E-state index is 0.0147. The van der Waals surface area contributed by atoms with Crippen LogP contribution < -0.4 is 0 Å². The Kier molecular flexibility index (Phi) is 4.67. The molecule has 2 nitrogen and oxygen atoms in total. The van der Waals surface area contributed by atoms with Gasteiger partial charge in [0.1, 0.15) is 0 Å². The summed E-state index contributed by atoms with van der Waals surface area (Å²) in [6.07, 6.45) is -0.977. The van der Waals surface area contributed by atoms with E-state index in [0.717, 1.165) is 0 Å². The number of halogens is 2. The molecule has 0 heterocycles. The standard InChI is InChI=1S/C5H6F2O2/c6-5(7)2-1-3-9-4-8/h2,4H,1,3H2. The van der Waals surface area contributed by atoms with Gasteiger partial charge in [-0.05, 0) is 6.08 Å². The Morgan fingerprint density at radius 2 is 2.22 bits per heavy atom. The van der Waals surface area contributed by atoms with E-state index in [1.54, 1.807) is 0 Å². The summed E-state index contributed by atoms with van der Waals surface area (Å²) < 4.78 is 26.5. The number of carbonyl (C=O) groups excluding carboxylic acids is 1. The van der Waals surface area contributed by atoms with Gasteiger partial charge in [0.15, 0.2) is 0 Å². The van der Waals surface area contributed by atoms with Gasteiger partial charge >= 0.3 is 0 Å². The van der Waals surface area contributed by atoms with Crippen molar-refractivity contribution in [2.45, 2.75) is 6.42 Å². The molecule has 0 N–H and O–H groups in total. The molecule has 0 rings (SSSR count). The van der Waals surface area contributed by atoms with Crippen molar-refractivity contribution < 1.29 is 18.3 Å². The first kappa shape index (κ1) is 8.07. The van der Waals surface area contributed by atoms with Crippen molar-refractivity contribution in [2.24, 2.45) is 0 Å². The molecule has 0 spiro atoms. The molecule has 0 aromatic carbocycles. The smallest absolute Gasteiger partial charge is 0.293 e. The van der Waals surface area contributed by atoms with Crippen molar-refractivity contribution in [3.8, 4) is 0 Å². The fraction of sp³-hybridized carbons (Fsp3) is 0.400. The molecule has 0 saturated heterocycles. The number of hydrogen-bond acceptors (Lipinski definition) is 2. The molecular weight excluding hydrogens is 130 g/mol. The van der Waals surface area contributed by atoms with Crippen molar-refractivity contribution >= 4 is 6.47 Å². The summed E-state index contributed by atoms with van der Waals surface area (Å²) in [4.78, 5) is 9.42. The molecular formula is C5H6F2O2. The lowest BCUT2D eigenvalue weighted by molar-refractivity contribution is -0.128. The van der Waals surface area contributed by atoms with Gasteiger partial charge < -0.3 is 4.74 Å². The van der Waals surface area contributed by atoms with Crippen molar-refractivity contribution in [3.05, 3.63) is 12.2 Å². The lowest BCUT2D eigenvalue weighted by Gasteiger charge is -1.89. The summed E-state index contributed by atoms with van der Waals surface area (Å²) in [6.45, 7) is 0.241. The van der Waals surface area contributed by atoms with Gasteiger partial charge in [0.25, 0.3) is 12.6 Å². The summed E-state index contributed by atoms with van der Waals surface area (Å²) in [5.41, 5.74) is 0. The zero-order valence-electron chi connectivity index (χ0n) is 4.64. The fourth-order valence-corrected chi connectivity index (χ4v) is 0.284. The monoisotopic (exact) mass is 136 g/mol. The predicted octanol–water partition coefficient (Wildman–Crippen LogP) is 1.33. The first-order valence-corrected chi connectivity index (χ1v) is 2.33. The molecule has 0 fully saturated rings. The molecule has 4 heteroatoms. The fourth-order valence-electron chi connectivity index (χ4n) is 0.284. The normalized spacial score (nSPS) is 8.22. The van der Waals surface area contributed by atoms with E-state index in [9.17, 15) is 13.6 Å². The predicted molar refractivity (Wildman–Crippen MR) is 26.9 cm³/mol. The van der Waals surface area contributed by atoms with Crippen LogP contribution in [0.1, 0.15) is 6.42 Å². The summed E-state index contributed by atoms with van der Waals surface area (Å²) >= 11 is 0. The summed E-state index contributed by atoms with van der Waals surface area (Å²) in [7, 11) is 0. The van der Waals surface area contributed by atoms with E-state index in [1.807, 2.05) is 0 Å². The van der Waals surface area contributed by atoms with Crippen LogP contribution in [0.15, 0.2) is 12.2 Å². The van der Waals surface area contributed by atoms with E-state index < -0.39 is 6.08 Å². The molecule has 0 aliphatic rings. The van der Waals surface area contributed by atoms with Crippen LogP contribution >= 0.6 is 0 Å². The van der Waals surface area contributed by atoms with Crippen LogP contribution in [-0.2, 0) is 9.53 Å². The van der Waals surface area contributed by atoms with Crippen molar-refractivity contribution in [1.82, 2.24) is 0 Å². The van der Waals surface area contributed by atoms with Crippen LogP contribution in [0.4, 0.5) is 8.78 Å². The molecule has 0 saturated carbocycles. The third-order valence-electron chi connectivity index (χ3n) is 0.602. The number of rotatable bonds is 4. The van der Waals surface area contributed by atoms with E-state index in [0.29, 0.717) is 6.08 Å². The number of carbonyl (C=O) groups is 1. The molecule has 0 aliphatic heterocycles. The van der Waals surface area contributed by atoms with Gasteiger partial charge in [0, 0.05) is 6.42 Å². The second-order valence-electron chi connectivity index (χ2n) is 1.25. The molecule has 0 radical (unpaired) electrons. The van der Waals surface area contributed by atoms with Gasteiger partial charge in [0.2, 0.25) is 0 Å². The zero-order chi connectivity index (χ0) is 7.11. The van der Waals surface area contributed by atoms with Gasteiger partial charge in [-0.1, -0.05) is 0 Å². The van der Waals surface area contributed by atoms with E-state index in [-0.39, 0.29) is 19.5 Å². The van der Waals surface area contributed by atoms with Gasteiger partial charge in [-0.3, -0.25) is 4.79 Å². The van der Waals surface area contributed by atoms with Crippen molar-refractivity contribution in [1.29, 1.82) is 0 Å². The number of ether oxygens (including phenoxy) is 1. The van der Waals surface area contributed by atoms with E-state index in [1.165, 1.54) is 0 Å². The number of hydrogen-bond donors (Lipinski definition) is 0. The summed E-state index contributed by atoms with van der Waals surface area (Å²) in [6, 6.07) is 0. The lowest BCUT2D eigenvalue weighted by Crippen LogP contribution is -1.88. The quantitative estimate of drug-likeness (QED) is 0.430. The minimum Gasteiger partial charge on any atom is -0.468 e. The topological polar surface area (TPSA) is 26.3 Å². The van der Waals surface area contributed by atoms with Crippen LogP contribution in [0.5, 0.6) is 0 Å². The Bertz CT molecular complexity index is 108. The third-order valence-corrected chi connectivity index (χ3v) is 0.602. The Morgan fingerprint density at radius 1 is 1.56 bits per heavy atom. The third kappa shape index (κ3) is 7.07. The van der Waals surface area contributed by atoms with E-state index in [2.05, 4.69) is 4.74 Å². The Labute approximate surface area is 51.1 Å². The van der Waals surface area contributed by atoms with Crippen molar-refractivity contribution in [2.75, 3.05) is 6.61 Å². The minimum atomic E-state index is -1.75. The van der Waals surface area contributed by atoms with Gasteiger partial charge in [-0.25, -0.2) is 0 Å². The van der Waals surface area contributed by atoms with Crippen LogP contribution in [0.3, 0.4) is 0 Å². The average Bonchev–Trinajstić information content (AvgIpc) is 1.80. The van der Waals surface area contributed by atoms with Crippen LogP contribution in [0.2, 0.25) is 0 Å². The highest BCUT2D eigenvalue weighted by atomic mass is 19.3. The first-order valence-electron chi connectivity index (χ1n) is 2.33. The largest absolute Gasteiger partial charge is 0.468 e. The highest BCUT2D eigenvalue weighted by Gasteiger charge is 1.86. The molecule has 0 aromatic heterocycles. The Morgan fingerprint density at radius 3 is 2.67 bits per heavy atom. The highest BCUT2D eigenvalue weighted by Crippen LogP contribution is 1.97. The molecule has 0 bridgehead atoms. The average molecular weight is 136 g/mol. The summed E-state index contributed by atoms with van der Waals surface area (Å²) in [5, 5.41) is 0. The molecule has 0 aliphatic carbocycles. The SMILES string of the molecule is O=COCCC=C(F)F. The molecule has 52 valence electrons. The second-order valence-corrected chi connectivity index (χ2v) is 1.25. The van der Waals surface area contributed by atoms with Gasteiger partial charge in [0.05, 0.1) is 6.61 Å². The second kappa shape index (κ2) is 5.21. The van der Waals surface area contributed by atoms with Gasteiger partial charge in [-0.15, -0.1) is 0 Å². The molecule has 0 unspecified atom stereocenters.